The van der Waals surface area contributed by atoms with E-state index >= 15 is 0 Å². The summed E-state index contributed by atoms with van der Waals surface area (Å²) in [7, 11) is 1.36. The molecule has 1 atom stereocenters. The normalized spacial score (nSPS) is 17.6. The highest BCUT2D eigenvalue weighted by Gasteiger charge is 2.43. The molecule has 122 valence electrons. The molecule has 1 aromatic rings. The minimum absolute atomic E-state index is 0.187. The summed E-state index contributed by atoms with van der Waals surface area (Å²) in [5.74, 6) is -0.270. The lowest BCUT2D eigenvalue weighted by molar-refractivity contribution is -0.141. The Bertz CT molecular complexity index is 631. The molecule has 6 heteroatoms. The fourth-order valence-electron chi connectivity index (χ4n) is 2.67. The molecular formula is C17H20N2O4. The predicted molar refractivity (Wildman–Crippen MR) is 83.8 cm³/mol. The summed E-state index contributed by atoms with van der Waals surface area (Å²) in [6.45, 7) is 4.27. The predicted octanol–water partition coefficient (Wildman–Crippen LogP) is 2.86. The number of hydrogen-bond donors (Lipinski definition) is 0. The highest BCUT2D eigenvalue weighted by molar-refractivity contribution is 5.90. The summed E-state index contributed by atoms with van der Waals surface area (Å²) in [5, 5.41) is 8.87. The van der Waals surface area contributed by atoms with E-state index in [1.54, 1.807) is 29.2 Å². The van der Waals surface area contributed by atoms with Gasteiger partial charge >= 0.3 is 12.1 Å². The van der Waals surface area contributed by atoms with E-state index in [-0.39, 0.29) is 30.5 Å². The number of benzene rings is 1. The maximum atomic E-state index is 12.1. The number of ether oxygens (including phenoxy) is 2. The second-order valence-corrected chi connectivity index (χ2v) is 6.19. The number of carbonyl (C=O) groups excluding carboxylic acids is 2. The molecule has 6 nitrogen and oxygen atoms in total. The Balaban J connectivity index is 2.21. The molecule has 1 saturated heterocycles. The van der Waals surface area contributed by atoms with Crippen molar-refractivity contribution in [2.75, 3.05) is 18.6 Å². The lowest BCUT2D eigenvalue weighted by atomic mass is 9.79. The molecule has 1 heterocycles. The molecule has 1 aliphatic rings. The molecule has 23 heavy (non-hydrogen) atoms. The summed E-state index contributed by atoms with van der Waals surface area (Å²) in [6.07, 6.45) is 0.453. The summed E-state index contributed by atoms with van der Waals surface area (Å²) in [6, 6.07) is 8.66. The van der Waals surface area contributed by atoms with Crippen LogP contribution in [0.5, 0.6) is 0 Å². The molecule has 0 aliphatic carbocycles. The first kappa shape index (κ1) is 16.8. The van der Waals surface area contributed by atoms with E-state index in [1.807, 2.05) is 13.8 Å². The van der Waals surface area contributed by atoms with Gasteiger partial charge in [-0.05, 0) is 36.1 Å². The van der Waals surface area contributed by atoms with Crippen LogP contribution in [0.15, 0.2) is 24.3 Å². The molecule has 1 aromatic carbocycles. The van der Waals surface area contributed by atoms with E-state index in [0.29, 0.717) is 17.7 Å². The third kappa shape index (κ3) is 3.62. The van der Waals surface area contributed by atoms with Crippen molar-refractivity contribution in [1.82, 2.24) is 0 Å². The average Bonchev–Trinajstić information content (AvgIpc) is 2.95. The fourth-order valence-corrected chi connectivity index (χ4v) is 2.67. The standard InChI is InChI=1S/C17H20N2O4/c1-17(2,9-8-15(20)22-3)14-11-23-16(21)19(14)13-6-4-12(10-18)5-7-13/h4-7,14H,8-9,11H2,1-3H3. The van der Waals surface area contributed by atoms with Gasteiger partial charge in [-0.15, -0.1) is 0 Å². The van der Waals surface area contributed by atoms with Crippen molar-refractivity contribution in [2.24, 2.45) is 5.41 Å². The average molecular weight is 316 g/mol. The summed E-state index contributed by atoms with van der Waals surface area (Å²) >= 11 is 0. The van der Waals surface area contributed by atoms with Gasteiger partial charge in [0.15, 0.2) is 0 Å². The van der Waals surface area contributed by atoms with Crippen molar-refractivity contribution in [2.45, 2.75) is 32.7 Å². The minimum atomic E-state index is -0.411. The van der Waals surface area contributed by atoms with Crippen molar-refractivity contribution in [3.05, 3.63) is 29.8 Å². The first-order valence-electron chi connectivity index (χ1n) is 7.42. The number of methoxy groups -OCH3 is 1. The zero-order valence-electron chi connectivity index (χ0n) is 13.5. The Labute approximate surface area is 135 Å². The Kier molecular flexibility index (Phi) is 4.89. The first-order valence-corrected chi connectivity index (χ1v) is 7.42. The number of cyclic esters (lactones) is 1. The van der Waals surface area contributed by atoms with Crippen LogP contribution in [-0.4, -0.2) is 31.8 Å². The second-order valence-electron chi connectivity index (χ2n) is 6.19. The number of nitrogens with zero attached hydrogens (tertiary/aromatic N) is 2. The van der Waals surface area contributed by atoms with Crippen LogP contribution in [-0.2, 0) is 14.3 Å². The number of nitriles is 1. The monoisotopic (exact) mass is 316 g/mol. The van der Waals surface area contributed by atoms with Gasteiger partial charge in [-0.25, -0.2) is 4.79 Å². The molecule has 0 N–H and O–H groups in total. The number of anilines is 1. The number of carbonyl (C=O) groups is 2. The van der Waals surface area contributed by atoms with Crippen LogP contribution >= 0.6 is 0 Å². The quantitative estimate of drug-likeness (QED) is 0.780. The molecule has 2 rings (SSSR count). The third-order valence-electron chi connectivity index (χ3n) is 4.25. The van der Waals surface area contributed by atoms with Crippen molar-refractivity contribution in [3.63, 3.8) is 0 Å². The Morgan fingerprint density at radius 2 is 2.09 bits per heavy atom. The van der Waals surface area contributed by atoms with E-state index in [9.17, 15) is 9.59 Å². The summed E-state index contributed by atoms with van der Waals surface area (Å²) in [4.78, 5) is 25.1. The molecule has 0 bridgehead atoms. The molecule has 1 amide bonds. The van der Waals surface area contributed by atoms with Crippen LogP contribution in [0, 0.1) is 16.7 Å². The first-order chi connectivity index (χ1) is 10.9. The van der Waals surface area contributed by atoms with Gasteiger partial charge in [0, 0.05) is 12.1 Å². The van der Waals surface area contributed by atoms with Gasteiger partial charge in [-0.3, -0.25) is 9.69 Å². The van der Waals surface area contributed by atoms with Gasteiger partial charge in [-0.1, -0.05) is 13.8 Å². The topological polar surface area (TPSA) is 79.6 Å². The molecule has 0 radical (unpaired) electrons. The van der Waals surface area contributed by atoms with Crippen molar-refractivity contribution in [3.8, 4) is 6.07 Å². The molecular weight excluding hydrogens is 296 g/mol. The number of esters is 1. The number of rotatable bonds is 5. The summed E-state index contributed by atoms with van der Waals surface area (Å²) < 4.78 is 9.90. The smallest absolute Gasteiger partial charge is 0.414 e. The molecule has 1 fully saturated rings. The lowest BCUT2D eigenvalue weighted by Crippen LogP contribution is -2.44. The van der Waals surface area contributed by atoms with Gasteiger partial charge in [0.2, 0.25) is 0 Å². The van der Waals surface area contributed by atoms with Gasteiger partial charge < -0.3 is 9.47 Å². The van der Waals surface area contributed by atoms with Crippen LogP contribution in [0.3, 0.4) is 0 Å². The maximum absolute atomic E-state index is 12.1. The van der Waals surface area contributed by atoms with Gasteiger partial charge in [0.25, 0.3) is 0 Å². The second kappa shape index (κ2) is 6.69. The maximum Gasteiger partial charge on any atom is 0.414 e. The minimum Gasteiger partial charge on any atom is -0.469 e. The van der Waals surface area contributed by atoms with Crippen LogP contribution in [0.4, 0.5) is 10.5 Å². The van der Waals surface area contributed by atoms with Crippen LogP contribution < -0.4 is 4.90 Å². The van der Waals surface area contributed by atoms with Crippen LogP contribution in [0.2, 0.25) is 0 Å². The van der Waals surface area contributed by atoms with E-state index in [1.165, 1.54) is 7.11 Å². The van der Waals surface area contributed by atoms with E-state index < -0.39 is 6.09 Å². The number of hydrogen-bond acceptors (Lipinski definition) is 5. The van der Waals surface area contributed by atoms with Crippen LogP contribution in [0.1, 0.15) is 32.3 Å². The van der Waals surface area contributed by atoms with Crippen molar-refractivity contribution >= 4 is 17.7 Å². The van der Waals surface area contributed by atoms with Gasteiger partial charge in [0.05, 0.1) is 24.8 Å². The third-order valence-corrected chi connectivity index (χ3v) is 4.25. The van der Waals surface area contributed by atoms with Crippen molar-refractivity contribution in [1.29, 1.82) is 5.26 Å². The largest absolute Gasteiger partial charge is 0.469 e. The highest BCUT2D eigenvalue weighted by atomic mass is 16.6. The van der Waals surface area contributed by atoms with E-state index in [4.69, 9.17) is 10.00 Å². The lowest BCUT2D eigenvalue weighted by Gasteiger charge is -2.35. The van der Waals surface area contributed by atoms with Gasteiger partial charge in [0.1, 0.15) is 6.61 Å². The van der Waals surface area contributed by atoms with Gasteiger partial charge in [-0.2, -0.15) is 5.26 Å². The Hall–Kier alpha value is -2.55. The Morgan fingerprint density at radius 3 is 2.65 bits per heavy atom. The van der Waals surface area contributed by atoms with Crippen LogP contribution in [0.25, 0.3) is 0 Å². The summed E-state index contributed by atoms with van der Waals surface area (Å²) in [5.41, 5.74) is 0.888. The highest BCUT2D eigenvalue weighted by Crippen LogP contribution is 2.37. The number of amides is 1. The SMILES string of the molecule is COC(=O)CCC(C)(C)C1COC(=O)N1c1ccc(C#N)cc1. The van der Waals surface area contributed by atoms with E-state index in [0.717, 1.165) is 0 Å². The Morgan fingerprint density at radius 1 is 1.43 bits per heavy atom. The zero-order chi connectivity index (χ0) is 17.0. The van der Waals surface area contributed by atoms with Crippen molar-refractivity contribution < 1.29 is 19.1 Å². The molecule has 0 aromatic heterocycles. The van der Waals surface area contributed by atoms with E-state index in [2.05, 4.69) is 10.8 Å². The zero-order valence-corrected chi connectivity index (χ0v) is 13.5. The molecule has 0 spiro atoms. The molecule has 1 unspecified atom stereocenters. The molecule has 1 aliphatic heterocycles. The molecule has 0 saturated carbocycles. The fraction of sp³-hybridized carbons (Fsp3) is 0.471.